The first-order valence-electron chi connectivity index (χ1n) is 6.38. The molecule has 0 unspecified atom stereocenters. The van der Waals surface area contributed by atoms with Gasteiger partial charge in [-0.15, -0.1) is 0 Å². The van der Waals surface area contributed by atoms with Crippen molar-refractivity contribution in [2.75, 3.05) is 0 Å². The highest BCUT2D eigenvalue weighted by Gasteiger charge is 2.14. The Bertz CT molecular complexity index is 763. The standard InChI is InChI=1S/C16H13NO5/c1-10-2-3-11(9-15(10)17(21)22)8-14(16(19)20)12-4-6-13(18)7-5-12/h2-9,18H,1H3,(H,19,20)/b14-8-. The molecule has 0 aliphatic heterocycles. The van der Waals surface area contributed by atoms with Crippen molar-refractivity contribution in [1.82, 2.24) is 0 Å². The van der Waals surface area contributed by atoms with Crippen LogP contribution in [0.3, 0.4) is 0 Å². The second-order valence-corrected chi connectivity index (χ2v) is 4.71. The maximum absolute atomic E-state index is 11.4. The second kappa shape index (κ2) is 6.09. The summed E-state index contributed by atoms with van der Waals surface area (Å²) in [5.74, 6) is -1.13. The van der Waals surface area contributed by atoms with Crippen LogP contribution >= 0.6 is 0 Å². The van der Waals surface area contributed by atoms with Crippen molar-refractivity contribution in [1.29, 1.82) is 0 Å². The van der Waals surface area contributed by atoms with Gasteiger partial charge in [-0.25, -0.2) is 4.79 Å². The molecule has 2 aromatic carbocycles. The van der Waals surface area contributed by atoms with Gasteiger partial charge in [-0.3, -0.25) is 10.1 Å². The number of carbonyl (C=O) groups is 1. The fourth-order valence-electron chi connectivity index (χ4n) is 1.99. The Kier molecular flexibility index (Phi) is 4.22. The molecule has 2 aromatic rings. The summed E-state index contributed by atoms with van der Waals surface area (Å²) in [4.78, 5) is 21.8. The summed E-state index contributed by atoms with van der Waals surface area (Å²) < 4.78 is 0. The van der Waals surface area contributed by atoms with Crippen LogP contribution < -0.4 is 0 Å². The third kappa shape index (κ3) is 3.29. The minimum Gasteiger partial charge on any atom is -0.508 e. The normalized spacial score (nSPS) is 11.2. The van der Waals surface area contributed by atoms with E-state index in [1.54, 1.807) is 19.1 Å². The maximum atomic E-state index is 11.4. The number of carboxylic acid groups (broad SMARTS) is 1. The Balaban J connectivity index is 2.51. The monoisotopic (exact) mass is 299 g/mol. The van der Waals surface area contributed by atoms with Gasteiger partial charge < -0.3 is 10.2 Å². The van der Waals surface area contributed by atoms with Gasteiger partial charge >= 0.3 is 5.97 Å². The molecule has 22 heavy (non-hydrogen) atoms. The number of aryl methyl sites for hydroxylation is 1. The third-order valence-electron chi connectivity index (χ3n) is 3.15. The number of nitro groups is 1. The van der Waals surface area contributed by atoms with Crippen molar-refractivity contribution in [3.63, 3.8) is 0 Å². The zero-order chi connectivity index (χ0) is 16.3. The topological polar surface area (TPSA) is 101 Å². The molecule has 0 bridgehead atoms. The minimum absolute atomic E-state index is 0.0156. The van der Waals surface area contributed by atoms with Gasteiger partial charge in [-0.1, -0.05) is 24.3 Å². The number of carboxylic acids is 1. The predicted molar refractivity (Wildman–Crippen MR) is 81.4 cm³/mol. The summed E-state index contributed by atoms with van der Waals surface area (Å²) in [5.41, 5.74) is 1.24. The van der Waals surface area contributed by atoms with Crippen LogP contribution in [-0.4, -0.2) is 21.1 Å². The summed E-state index contributed by atoms with van der Waals surface area (Å²) in [6.07, 6.45) is 1.36. The van der Waals surface area contributed by atoms with E-state index in [0.29, 0.717) is 16.7 Å². The summed E-state index contributed by atoms with van der Waals surface area (Å²) in [6.45, 7) is 1.61. The molecule has 112 valence electrons. The molecule has 0 heterocycles. The van der Waals surface area contributed by atoms with Crippen molar-refractivity contribution in [3.8, 4) is 5.75 Å². The molecule has 6 nitrogen and oxygen atoms in total. The van der Waals surface area contributed by atoms with Gasteiger partial charge in [0.1, 0.15) is 5.75 Å². The Hall–Kier alpha value is -3.15. The average Bonchev–Trinajstić information content (AvgIpc) is 2.47. The van der Waals surface area contributed by atoms with E-state index >= 15 is 0 Å². The Morgan fingerprint density at radius 2 is 1.82 bits per heavy atom. The van der Waals surface area contributed by atoms with Crippen molar-refractivity contribution in [2.24, 2.45) is 0 Å². The lowest BCUT2D eigenvalue weighted by molar-refractivity contribution is -0.385. The van der Waals surface area contributed by atoms with E-state index in [4.69, 9.17) is 0 Å². The number of hydrogen-bond donors (Lipinski definition) is 2. The van der Waals surface area contributed by atoms with Crippen LogP contribution in [0.1, 0.15) is 16.7 Å². The molecule has 0 atom stereocenters. The summed E-state index contributed by atoms with van der Waals surface area (Å²) in [5, 5.41) is 29.5. The Morgan fingerprint density at radius 1 is 1.18 bits per heavy atom. The molecule has 0 spiro atoms. The molecule has 6 heteroatoms. The average molecular weight is 299 g/mol. The number of nitro benzene ring substituents is 1. The second-order valence-electron chi connectivity index (χ2n) is 4.71. The molecule has 0 saturated carbocycles. The maximum Gasteiger partial charge on any atom is 0.336 e. The molecule has 0 aromatic heterocycles. The lowest BCUT2D eigenvalue weighted by atomic mass is 10.0. The van der Waals surface area contributed by atoms with Gasteiger partial charge in [-0.2, -0.15) is 0 Å². The smallest absolute Gasteiger partial charge is 0.336 e. The highest BCUT2D eigenvalue weighted by Crippen LogP contribution is 2.24. The van der Waals surface area contributed by atoms with Crippen molar-refractivity contribution >= 4 is 23.3 Å². The highest BCUT2D eigenvalue weighted by molar-refractivity contribution is 6.20. The number of aliphatic carboxylic acids is 1. The van der Waals surface area contributed by atoms with E-state index in [1.807, 2.05) is 0 Å². The van der Waals surface area contributed by atoms with Crippen LogP contribution in [0.2, 0.25) is 0 Å². The van der Waals surface area contributed by atoms with E-state index < -0.39 is 10.9 Å². The van der Waals surface area contributed by atoms with Gasteiger partial charge in [-0.05, 0) is 36.3 Å². The number of phenolic OH excluding ortho intramolecular Hbond substituents is 1. The van der Waals surface area contributed by atoms with Gasteiger partial charge in [0.25, 0.3) is 5.69 Å². The summed E-state index contributed by atoms with van der Waals surface area (Å²) in [6, 6.07) is 10.2. The van der Waals surface area contributed by atoms with E-state index in [-0.39, 0.29) is 17.0 Å². The quantitative estimate of drug-likeness (QED) is 0.390. The largest absolute Gasteiger partial charge is 0.508 e. The van der Waals surface area contributed by atoms with Crippen LogP contribution in [0, 0.1) is 17.0 Å². The predicted octanol–water partition coefficient (Wildman–Crippen LogP) is 3.23. The third-order valence-corrected chi connectivity index (χ3v) is 3.15. The first-order valence-corrected chi connectivity index (χ1v) is 6.38. The molecule has 0 radical (unpaired) electrons. The van der Waals surface area contributed by atoms with Crippen LogP contribution in [0.4, 0.5) is 5.69 Å². The molecule has 0 saturated heterocycles. The number of benzene rings is 2. The Morgan fingerprint density at radius 3 is 2.36 bits per heavy atom. The molecule has 2 N–H and O–H groups in total. The van der Waals surface area contributed by atoms with Crippen LogP contribution in [0.15, 0.2) is 42.5 Å². The van der Waals surface area contributed by atoms with Gasteiger partial charge in [0.15, 0.2) is 0 Å². The lowest BCUT2D eigenvalue weighted by Gasteiger charge is -2.04. The highest BCUT2D eigenvalue weighted by atomic mass is 16.6. The Labute approximate surface area is 126 Å². The minimum atomic E-state index is -1.16. The van der Waals surface area contributed by atoms with Crippen molar-refractivity contribution in [3.05, 3.63) is 69.3 Å². The first kappa shape index (κ1) is 15.2. The number of phenols is 1. The van der Waals surface area contributed by atoms with Gasteiger partial charge in [0.2, 0.25) is 0 Å². The molecule has 0 amide bonds. The lowest BCUT2D eigenvalue weighted by Crippen LogP contribution is -2.00. The van der Waals surface area contributed by atoms with Crippen molar-refractivity contribution in [2.45, 2.75) is 6.92 Å². The number of nitrogens with zero attached hydrogens (tertiary/aromatic N) is 1. The van der Waals surface area contributed by atoms with Crippen LogP contribution in [-0.2, 0) is 4.79 Å². The van der Waals surface area contributed by atoms with Gasteiger partial charge in [0.05, 0.1) is 10.5 Å². The van der Waals surface area contributed by atoms with E-state index in [2.05, 4.69) is 0 Å². The van der Waals surface area contributed by atoms with E-state index in [9.17, 15) is 25.1 Å². The zero-order valence-corrected chi connectivity index (χ0v) is 11.7. The van der Waals surface area contributed by atoms with Crippen molar-refractivity contribution < 1.29 is 19.9 Å². The number of aromatic hydroxyl groups is 1. The van der Waals surface area contributed by atoms with Crippen LogP contribution in [0.25, 0.3) is 11.6 Å². The summed E-state index contributed by atoms with van der Waals surface area (Å²) in [7, 11) is 0. The molecule has 2 rings (SSSR count). The van der Waals surface area contributed by atoms with E-state index in [0.717, 1.165) is 0 Å². The molecule has 0 aliphatic rings. The number of rotatable bonds is 4. The summed E-state index contributed by atoms with van der Waals surface area (Å²) >= 11 is 0. The first-order chi connectivity index (χ1) is 10.4. The van der Waals surface area contributed by atoms with E-state index in [1.165, 1.54) is 36.4 Å². The zero-order valence-electron chi connectivity index (χ0n) is 11.7. The number of hydrogen-bond acceptors (Lipinski definition) is 4. The fourth-order valence-corrected chi connectivity index (χ4v) is 1.99. The van der Waals surface area contributed by atoms with Crippen LogP contribution in [0.5, 0.6) is 5.75 Å². The van der Waals surface area contributed by atoms with Gasteiger partial charge in [0, 0.05) is 11.6 Å². The molecular weight excluding hydrogens is 286 g/mol. The molecule has 0 aliphatic carbocycles. The molecule has 0 fully saturated rings. The fraction of sp³-hybridized carbons (Fsp3) is 0.0625. The molecular formula is C16H13NO5. The SMILES string of the molecule is Cc1ccc(/C=C(\C(=O)O)c2ccc(O)cc2)cc1[N+](=O)[O-].